The van der Waals surface area contributed by atoms with E-state index in [-0.39, 0.29) is 0 Å². The molecule has 208 valence electrons. The van der Waals surface area contributed by atoms with Crippen molar-refractivity contribution in [1.29, 1.82) is 0 Å². The molecule has 9 heteroatoms. The molecule has 38 heavy (non-hydrogen) atoms. The summed E-state index contributed by atoms with van der Waals surface area (Å²) in [5.41, 5.74) is 1.48. The molecule has 0 aliphatic heterocycles. The molecule has 0 unspecified atom stereocenters. The summed E-state index contributed by atoms with van der Waals surface area (Å²) < 4.78 is 28.2. The summed E-state index contributed by atoms with van der Waals surface area (Å²) in [5, 5.41) is 9.67. The third-order valence-electron chi connectivity index (χ3n) is 5.80. The quantitative estimate of drug-likeness (QED) is 0.0758. The number of ether oxygens (including phenoxy) is 2. The average molecular weight is 545 g/mol. The summed E-state index contributed by atoms with van der Waals surface area (Å²) in [5.74, 6) is -0.382. The van der Waals surface area contributed by atoms with Crippen molar-refractivity contribution in [2.24, 2.45) is 0 Å². The lowest BCUT2D eigenvalue weighted by atomic mass is 10.0. The monoisotopic (exact) mass is 544 g/mol. The first-order valence-electron chi connectivity index (χ1n) is 13.2. The summed E-state index contributed by atoms with van der Waals surface area (Å²) in [4.78, 5) is 24.1. The van der Waals surface area contributed by atoms with Crippen LogP contribution >= 0.6 is 0 Å². The van der Waals surface area contributed by atoms with Crippen molar-refractivity contribution in [2.45, 2.75) is 58.9 Å². The zero-order chi connectivity index (χ0) is 27.8. The molecule has 0 amide bonds. The highest BCUT2D eigenvalue weighted by Crippen LogP contribution is 2.22. The molecule has 0 fully saturated rings. The van der Waals surface area contributed by atoms with E-state index in [9.17, 15) is 14.7 Å². The van der Waals surface area contributed by atoms with Gasteiger partial charge in [-0.3, -0.25) is 0 Å². The minimum absolute atomic E-state index is 0.342. The normalized spacial score (nSPS) is 11.8. The van der Waals surface area contributed by atoms with Crippen molar-refractivity contribution in [3.8, 4) is 11.5 Å². The van der Waals surface area contributed by atoms with Crippen molar-refractivity contribution in [3.05, 3.63) is 65.2 Å². The molecular weight excluding hydrogens is 504 g/mol. The number of methoxy groups -OCH3 is 1. The fourth-order valence-corrected chi connectivity index (χ4v) is 6.66. The number of carbonyl (C=O) groups excluding carboxylic acids is 1. The third kappa shape index (κ3) is 10.4. The lowest BCUT2D eigenvalue weighted by molar-refractivity contribution is -0.132. The first-order valence-corrected chi connectivity index (χ1v) is 15.1. The molecule has 1 N–H and O–H groups in total. The van der Waals surface area contributed by atoms with Gasteiger partial charge in [0.25, 0.3) is 0 Å². The molecule has 2 aromatic carbocycles. The van der Waals surface area contributed by atoms with Crippen LogP contribution in [0, 0.1) is 0 Å². The van der Waals surface area contributed by atoms with Crippen LogP contribution in [0.25, 0.3) is 6.08 Å². The SMILES string of the molecule is CCO[Si](CCCCCC/C(=C\c1ccc(OC(=O)c2ccc(OC)cc2)cc1)C(=O)O)(OCC)OCC. The van der Waals surface area contributed by atoms with E-state index in [0.717, 1.165) is 37.3 Å². The molecule has 0 bridgehead atoms. The molecule has 0 saturated heterocycles. The van der Waals surface area contributed by atoms with Gasteiger partial charge in [-0.05, 0) is 88.1 Å². The number of rotatable bonds is 18. The summed E-state index contributed by atoms with van der Waals surface area (Å²) in [6.07, 6.45) is 5.66. The van der Waals surface area contributed by atoms with E-state index in [1.54, 1.807) is 61.7 Å². The highest BCUT2D eigenvalue weighted by Gasteiger charge is 2.39. The second-order valence-electron chi connectivity index (χ2n) is 8.56. The summed E-state index contributed by atoms with van der Waals surface area (Å²) in [7, 11) is -1.07. The van der Waals surface area contributed by atoms with E-state index in [4.69, 9.17) is 22.8 Å². The van der Waals surface area contributed by atoms with Crippen LogP contribution < -0.4 is 9.47 Å². The minimum atomic E-state index is -2.63. The third-order valence-corrected chi connectivity index (χ3v) is 8.96. The Hall–Kier alpha value is -2.98. The van der Waals surface area contributed by atoms with Gasteiger partial charge in [-0.2, -0.15) is 0 Å². The number of carbonyl (C=O) groups is 2. The maximum atomic E-state index is 12.3. The Morgan fingerprint density at radius 3 is 1.87 bits per heavy atom. The van der Waals surface area contributed by atoms with Gasteiger partial charge in [0.15, 0.2) is 0 Å². The van der Waals surface area contributed by atoms with Gasteiger partial charge in [-0.25, -0.2) is 9.59 Å². The second kappa shape index (κ2) is 16.8. The number of carboxylic acid groups (broad SMARTS) is 1. The Kier molecular flexibility index (Phi) is 13.8. The Labute approximate surface area is 226 Å². The van der Waals surface area contributed by atoms with Gasteiger partial charge in [-0.1, -0.05) is 25.0 Å². The highest BCUT2D eigenvalue weighted by molar-refractivity contribution is 6.60. The number of unbranched alkanes of at least 4 members (excludes halogenated alkanes) is 3. The lowest BCUT2D eigenvalue weighted by Crippen LogP contribution is -2.45. The molecule has 0 aliphatic rings. The number of hydrogen-bond donors (Lipinski definition) is 1. The Morgan fingerprint density at radius 1 is 0.789 bits per heavy atom. The molecule has 0 saturated carbocycles. The first kappa shape index (κ1) is 31.2. The fourth-order valence-electron chi connectivity index (χ4n) is 3.98. The zero-order valence-electron chi connectivity index (χ0n) is 22.9. The molecule has 0 radical (unpaired) electrons. The van der Waals surface area contributed by atoms with Crippen molar-refractivity contribution in [1.82, 2.24) is 0 Å². The number of carboxylic acids is 1. The van der Waals surface area contributed by atoms with Crippen molar-refractivity contribution < 1.29 is 37.4 Å². The maximum Gasteiger partial charge on any atom is 0.500 e. The number of aliphatic carboxylic acids is 1. The van der Waals surface area contributed by atoms with Crippen LogP contribution in [0.15, 0.2) is 54.1 Å². The number of benzene rings is 2. The molecule has 0 aliphatic carbocycles. The van der Waals surface area contributed by atoms with Gasteiger partial charge < -0.3 is 27.9 Å². The standard InChI is InChI=1S/C29H40O8Si/c1-5-34-38(35-6-2,36-7-3)21-11-9-8-10-12-25(28(30)31)22-23-13-17-27(18-14-23)37-29(32)24-15-19-26(33-4)20-16-24/h13-20,22H,5-12,21H2,1-4H3,(H,30,31)/b25-22+. The van der Waals surface area contributed by atoms with Crippen LogP contribution in [0.3, 0.4) is 0 Å². The minimum Gasteiger partial charge on any atom is -0.497 e. The summed E-state index contributed by atoms with van der Waals surface area (Å²) in [6, 6.07) is 14.2. The van der Waals surface area contributed by atoms with Gasteiger partial charge in [0.05, 0.1) is 12.7 Å². The van der Waals surface area contributed by atoms with Crippen LogP contribution in [0.4, 0.5) is 0 Å². The van der Waals surface area contributed by atoms with Crippen LogP contribution in [0.5, 0.6) is 11.5 Å². The van der Waals surface area contributed by atoms with Crippen molar-refractivity contribution >= 4 is 26.8 Å². The summed E-state index contributed by atoms with van der Waals surface area (Å²) >= 11 is 0. The Balaban J connectivity index is 1.86. The molecule has 8 nitrogen and oxygen atoms in total. The molecular formula is C29H40O8Si. The van der Waals surface area contributed by atoms with Crippen LogP contribution in [-0.4, -0.2) is 52.8 Å². The van der Waals surface area contributed by atoms with E-state index < -0.39 is 20.7 Å². The predicted octanol–water partition coefficient (Wildman–Crippen LogP) is 6.38. The molecule has 0 atom stereocenters. The summed E-state index contributed by atoms with van der Waals surface area (Å²) in [6.45, 7) is 7.52. The van der Waals surface area contributed by atoms with Crippen LogP contribution in [-0.2, 0) is 18.1 Å². The molecule has 0 heterocycles. The van der Waals surface area contributed by atoms with E-state index in [1.807, 2.05) is 20.8 Å². The van der Waals surface area contributed by atoms with E-state index >= 15 is 0 Å². The number of hydrogen-bond acceptors (Lipinski definition) is 7. The molecule has 2 aromatic rings. The van der Waals surface area contributed by atoms with Crippen LogP contribution in [0.1, 0.15) is 68.8 Å². The second-order valence-corrected chi connectivity index (χ2v) is 11.3. The van der Waals surface area contributed by atoms with Gasteiger partial charge in [-0.15, -0.1) is 0 Å². The molecule has 0 spiro atoms. The number of esters is 1. The smallest absolute Gasteiger partial charge is 0.497 e. The van der Waals surface area contributed by atoms with Gasteiger partial charge in [0, 0.05) is 31.4 Å². The maximum absolute atomic E-state index is 12.3. The van der Waals surface area contributed by atoms with E-state index in [1.165, 1.54) is 0 Å². The van der Waals surface area contributed by atoms with E-state index in [2.05, 4.69) is 0 Å². The molecule has 0 aromatic heterocycles. The Bertz CT molecular complexity index is 1000. The average Bonchev–Trinajstić information content (AvgIpc) is 2.91. The predicted molar refractivity (Wildman–Crippen MR) is 149 cm³/mol. The van der Waals surface area contributed by atoms with Gasteiger partial charge >= 0.3 is 20.7 Å². The highest BCUT2D eigenvalue weighted by atomic mass is 28.4. The van der Waals surface area contributed by atoms with E-state index in [0.29, 0.717) is 48.9 Å². The van der Waals surface area contributed by atoms with Crippen molar-refractivity contribution in [2.75, 3.05) is 26.9 Å². The molecule has 2 rings (SSSR count). The Morgan fingerprint density at radius 2 is 1.34 bits per heavy atom. The fraction of sp³-hybridized carbons (Fsp3) is 0.448. The zero-order valence-corrected chi connectivity index (χ0v) is 23.9. The topological polar surface area (TPSA) is 101 Å². The lowest BCUT2D eigenvalue weighted by Gasteiger charge is -2.28. The van der Waals surface area contributed by atoms with Gasteiger partial charge in [0.2, 0.25) is 0 Å². The van der Waals surface area contributed by atoms with Gasteiger partial charge in [0.1, 0.15) is 11.5 Å². The van der Waals surface area contributed by atoms with Crippen molar-refractivity contribution in [3.63, 3.8) is 0 Å². The van der Waals surface area contributed by atoms with Crippen LogP contribution in [0.2, 0.25) is 6.04 Å². The largest absolute Gasteiger partial charge is 0.500 e. The first-order chi connectivity index (χ1) is 18.4.